The van der Waals surface area contributed by atoms with Crippen molar-refractivity contribution < 1.29 is 0 Å². The van der Waals surface area contributed by atoms with Crippen LogP contribution in [0, 0.1) is 0 Å². The summed E-state index contributed by atoms with van der Waals surface area (Å²) in [5.74, 6) is 0. The molecule has 0 aliphatic rings. The Labute approximate surface area is 75.1 Å². The molecule has 2 heteroatoms. The maximum absolute atomic E-state index is 3.90. The third kappa shape index (κ3) is 7.25. The second kappa shape index (κ2) is 8.24. The molecule has 0 aromatic rings. The lowest BCUT2D eigenvalue weighted by molar-refractivity contribution is 0.747. The van der Waals surface area contributed by atoms with Crippen molar-refractivity contribution in [2.24, 2.45) is 0 Å². The van der Waals surface area contributed by atoms with Crippen LogP contribution in [0.25, 0.3) is 0 Å². The third-order valence-electron chi connectivity index (χ3n) is 1.33. The second-order valence-electron chi connectivity index (χ2n) is 2.59. The van der Waals surface area contributed by atoms with Crippen molar-refractivity contribution in [3.05, 3.63) is 37.5 Å². The van der Waals surface area contributed by atoms with E-state index in [-0.39, 0.29) is 0 Å². The highest BCUT2D eigenvalue weighted by Gasteiger charge is 1.90. The summed E-state index contributed by atoms with van der Waals surface area (Å²) in [5, 5.41) is 6.36. The van der Waals surface area contributed by atoms with E-state index in [1.165, 1.54) is 0 Å². The Morgan fingerprint density at radius 1 is 1.00 bits per heavy atom. The van der Waals surface area contributed by atoms with Crippen molar-refractivity contribution in [2.75, 3.05) is 26.2 Å². The summed E-state index contributed by atoms with van der Waals surface area (Å²) in [6, 6.07) is 0. The minimum absolute atomic E-state index is 0.834. The van der Waals surface area contributed by atoms with Gasteiger partial charge in [-0.05, 0) is 5.57 Å². The van der Waals surface area contributed by atoms with Crippen LogP contribution in [0.5, 0.6) is 0 Å². The zero-order valence-electron chi connectivity index (χ0n) is 7.60. The van der Waals surface area contributed by atoms with Gasteiger partial charge < -0.3 is 10.6 Å². The lowest BCUT2D eigenvalue weighted by Gasteiger charge is -2.05. The smallest absolute Gasteiger partial charge is 0.0177 e. The summed E-state index contributed by atoms with van der Waals surface area (Å²) in [5.41, 5.74) is 1.15. The van der Waals surface area contributed by atoms with E-state index in [1.807, 2.05) is 12.2 Å². The van der Waals surface area contributed by atoms with Crippen LogP contribution in [-0.4, -0.2) is 26.2 Å². The molecule has 0 atom stereocenters. The van der Waals surface area contributed by atoms with Gasteiger partial charge in [0.1, 0.15) is 0 Å². The summed E-state index contributed by atoms with van der Waals surface area (Å²) >= 11 is 0. The Kier molecular flexibility index (Phi) is 7.65. The number of rotatable bonds is 8. The number of hydrogen-bond acceptors (Lipinski definition) is 2. The molecule has 0 heterocycles. The fraction of sp³-hybridized carbons (Fsp3) is 0.400. The second-order valence-corrected chi connectivity index (χ2v) is 2.59. The molecule has 0 aromatic heterocycles. The Morgan fingerprint density at radius 3 is 1.75 bits per heavy atom. The van der Waals surface area contributed by atoms with Crippen LogP contribution in [0.15, 0.2) is 37.5 Å². The lowest BCUT2D eigenvalue weighted by Crippen LogP contribution is -2.24. The monoisotopic (exact) mass is 166 g/mol. The zero-order valence-corrected chi connectivity index (χ0v) is 7.60. The van der Waals surface area contributed by atoms with Gasteiger partial charge in [-0.15, -0.1) is 13.2 Å². The normalized spacial score (nSPS) is 9.33. The Bertz CT molecular complexity index is 134. The van der Waals surface area contributed by atoms with Crippen molar-refractivity contribution in [3.8, 4) is 0 Å². The fourth-order valence-electron chi connectivity index (χ4n) is 0.765. The van der Waals surface area contributed by atoms with Gasteiger partial charge in [0.15, 0.2) is 0 Å². The molecule has 0 fully saturated rings. The number of nitrogens with one attached hydrogen (secondary N) is 2. The molecule has 68 valence electrons. The van der Waals surface area contributed by atoms with Gasteiger partial charge in [-0.25, -0.2) is 0 Å². The molecule has 0 aliphatic carbocycles. The minimum atomic E-state index is 0.834. The molecular weight excluding hydrogens is 148 g/mol. The molecule has 0 bridgehead atoms. The molecule has 0 aromatic carbocycles. The van der Waals surface area contributed by atoms with E-state index in [1.54, 1.807) is 0 Å². The summed E-state index contributed by atoms with van der Waals surface area (Å²) in [4.78, 5) is 0. The van der Waals surface area contributed by atoms with E-state index in [0.29, 0.717) is 0 Å². The third-order valence-corrected chi connectivity index (χ3v) is 1.33. The standard InChI is InChI=1S/C10H18N2/c1-4-6-11-8-10(3)9-12-7-5-2/h4-5,11-12H,1-3,6-9H2. The number of hydrogen-bond donors (Lipinski definition) is 2. The van der Waals surface area contributed by atoms with Crippen LogP contribution >= 0.6 is 0 Å². The molecule has 2 nitrogen and oxygen atoms in total. The molecule has 0 unspecified atom stereocenters. The average Bonchev–Trinajstić information content (AvgIpc) is 2.06. The SMILES string of the molecule is C=CCNCC(=C)CNCC=C. The molecule has 12 heavy (non-hydrogen) atoms. The molecule has 0 aliphatic heterocycles. The highest BCUT2D eigenvalue weighted by Crippen LogP contribution is 1.83. The predicted molar refractivity (Wildman–Crippen MR) is 55.3 cm³/mol. The highest BCUT2D eigenvalue weighted by molar-refractivity contribution is 4.99. The van der Waals surface area contributed by atoms with Crippen molar-refractivity contribution in [3.63, 3.8) is 0 Å². The van der Waals surface area contributed by atoms with Crippen molar-refractivity contribution in [2.45, 2.75) is 0 Å². The van der Waals surface area contributed by atoms with Crippen LogP contribution in [0.3, 0.4) is 0 Å². The molecule has 0 spiro atoms. The first kappa shape index (κ1) is 11.1. The molecule has 0 saturated carbocycles. The van der Waals surface area contributed by atoms with Gasteiger partial charge >= 0.3 is 0 Å². The molecule has 0 saturated heterocycles. The van der Waals surface area contributed by atoms with Gasteiger partial charge in [-0.3, -0.25) is 0 Å². The predicted octanol–water partition coefficient (Wildman–Crippen LogP) is 1.09. The van der Waals surface area contributed by atoms with Gasteiger partial charge in [0.05, 0.1) is 0 Å². The summed E-state index contributed by atoms with van der Waals surface area (Å²) < 4.78 is 0. The van der Waals surface area contributed by atoms with E-state index in [9.17, 15) is 0 Å². The van der Waals surface area contributed by atoms with Crippen molar-refractivity contribution in [1.29, 1.82) is 0 Å². The van der Waals surface area contributed by atoms with Crippen LogP contribution in [0.2, 0.25) is 0 Å². The Morgan fingerprint density at radius 2 is 1.42 bits per heavy atom. The first-order valence-electron chi connectivity index (χ1n) is 4.11. The Balaban J connectivity index is 3.21. The van der Waals surface area contributed by atoms with Gasteiger partial charge in [0.25, 0.3) is 0 Å². The van der Waals surface area contributed by atoms with E-state index in [4.69, 9.17) is 0 Å². The Hall–Kier alpha value is -0.860. The van der Waals surface area contributed by atoms with Gasteiger partial charge in [0.2, 0.25) is 0 Å². The van der Waals surface area contributed by atoms with Gasteiger partial charge in [-0.1, -0.05) is 18.7 Å². The topological polar surface area (TPSA) is 24.1 Å². The quantitative estimate of drug-likeness (QED) is 0.417. The molecule has 2 N–H and O–H groups in total. The maximum atomic E-state index is 3.90. The lowest BCUT2D eigenvalue weighted by atomic mass is 10.3. The fourth-order valence-corrected chi connectivity index (χ4v) is 0.765. The summed E-state index contributed by atoms with van der Waals surface area (Å²) in [7, 11) is 0. The molecule has 0 radical (unpaired) electrons. The van der Waals surface area contributed by atoms with Gasteiger partial charge in [0, 0.05) is 26.2 Å². The summed E-state index contributed by atoms with van der Waals surface area (Å²) in [6.45, 7) is 14.5. The molecular formula is C10H18N2. The van der Waals surface area contributed by atoms with Crippen LogP contribution in [0.4, 0.5) is 0 Å². The van der Waals surface area contributed by atoms with Crippen LogP contribution < -0.4 is 10.6 Å². The average molecular weight is 166 g/mol. The van der Waals surface area contributed by atoms with Gasteiger partial charge in [-0.2, -0.15) is 0 Å². The largest absolute Gasteiger partial charge is 0.310 e. The van der Waals surface area contributed by atoms with E-state index >= 15 is 0 Å². The van der Waals surface area contributed by atoms with E-state index in [0.717, 1.165) is 31.8 Å². The van der Waals surface area contributed by atoms with Crippen LogP contribution in [-0.2, 0) is 0 Å². The molecule has 0 amide bonds. The van der Waals surface area contributed by atoms with E-state index in [2.05, 4.69) is 30.4 Å². The highest BCUT2D eigenvalue weighted by atomic mass is 14.9. The minimum Gasteiger partial charge on any atom is -0.310 e. The molecule has 0 rings (SSSR count). The first-order valence-corrected chi connectivity index (χ1v) is 4.11. The zero-order chi connectivity index (χ0) is 9.23. The van der Waals surface area contributed by atoms with Crippen molar-refractivity contribution in [1.82, 2.24) is 10.6 Å². The van der Waals surface area contributed by atoms with Crippen LogP contribution in [0.1, 0.15) is 0 Å². The maximum Gasteiger partial charge on any atom is 0.0177 e. The summed E-state index contributed by atoms with van der Waals surface area (Å²) in [6.07, 6.45) is 3.68. The van der Waals surface area contributed by atoms with Crippen molar-refractivity contribution >= 4 is 0 Å². The van der Waals surface area contributed by atoms with E-state index < -0.39 is 0 Å². The first-order chi connectivity index (χ1) is 5.81.